The molecule has 5 rings (SSSR count). The Balaban J connectivity index is 1.57. The number of hydrogen-bond donors (Lipinski definition) is 0. The summed E-state index contributed by atoms with van der Waals surface area (Å²) >= 11 is 0. The predicted octanol–water partition coefficient (Wildman–Crippen LogP) is 4.33. The molecular formula is C28H32N6O. The minimum absolute atomic E-state index is 0.0137. The van der Waals surface area contributed by atoms with Gasteiger partial charge >= 0.3 is 0 Å². The van der Waals surface area contributed by atoms with E-state index >= 15 is 0 Å². The zero-order chi connectivity index (χ0) is 24.5. The number of anilines is 1. The van der Waals surface area contributed by atoms with Crippen molar-refractivity contribution >= 4 is 22.8 Å². The Labute approximate surface area is 206 Å². The lowest BCUT2D eigenvalue weighted by atomic mass is 10.1. The maximum Gasteiger partial charge on any atom is 0.225 e. The lowest BCUT2D eigenvalue weighted by Gasteiger charge is -2.36. The molecular weight excluding hydrogens is 436 g/mol. The average Bonchev–Trinajstić information content (AvgIpc) is 3.21. The minimum Gasteiger partial charge on any atom is -0.352 e. The standard InChI is InChI=1S/C28H32N6O/c1-19(2)28(35)33-16-14-32(15-17-33)26-25-21(4)31-34(23-8-6-5-7-9-23)27(25)30-24(29-26)18-22-12-10-20(3)11-13-22/h5-13,19H,14-18H2,1-4H3. The first-order chi connectivity index (χ1) is 16.9. The SMILES string of the molecule is Cc1ccc(Cc2nc(N3CCN(C(=O)C(C)C)CC3)c3c(C)nn(-c4ccccc4)c3n2)cc1. The van der Waals surface area contributed by atoms with Crippen molar-refractivity contribution < 1.29 is 4.79 Å². The molecule has 0 atom stereocenters. The highest BCUT2D eigenvalue weighted by Crippen LogP contribution is 2.30. The number of benzene rings is 2. The molecule has 0 spiro atoms. The Morgan fingerprint density at radius 3 is 2.26 bits per heavy atom. The highest BCUT2D eigenvalue weighted by Gasteiger charge is 2.27. The summed E-state index contributed by atoms with van der Waals surface area (Å²) in [4.78, 5) is 26.9. The summed E-state index contributed by atoms with van der Waals surface area (Å²) in [7, 11) is 0. The van der Waals surface area contributed by atoms with E-state index in [1.165, 1.54) is 11.1 Å². The van der Waals surface area contributed by atoms with Gasteiger partial charge < -0.3 is 9.80 Å². The number of amides is 1. The van der Waals surface area contributed by atoms with Crippen LogP contribution in [-0.2, 0) is 11.2 Å². The topological polar surface area (TPSA) is 67.2 Å². The summed E-state index contributed by atoms with van der Waals surface area (Å²) in [6.07, 6.45) is 0.647. The van der Waals surface area contributed by atoms with Crippen molar-refractivity contribution in [2.45, 2.75) is 34.1 Å². The van der Waals surface area contributed by atoms with Crippen LogP contribution in [0.25, 0.3) is 16.7 Å². The molecule has 0 aliphatic carbocycles. The molecule has 1 amide bonds. The van der Waals surface area contributed by atoms with Crippen molar-refractivity contribution in [3.63, 3.8) is 0 Å². The Hall–Kier alpha value is -3.74. The van der Waals surface area contributed by atoms with Crippen LogP contribution in [0.1, 0.15) is 36.5 Å². The Bertz CT molecular complexity index is 1340. The van der Waals surface area contributed by atoms with Crippen LogP contribution in [0.2, 0.25) is 0 Å². The van der Waals surface area contributed by atoms with E-state index in [9.17, 15) is 4.79 Å². The summed E-state index contributed by atoms with van der Waals surface area (Å²) < 4.78 is 1.92. The number of piperazine rings is 1. The van der Waals surface area contributed by atoms with Gasteiger partial charge in [0.15, 0.2) is 5.65 Å². The first-order valence-electron chi connectivity index (χ1n) is 12.3. The zero-order valence-electron chi connectivity index (χ0n) is 20.9. The normalized spacial score (nSPS) is 14.2. The fraction of sp³-hybridized carbons (Fsp3) is 0.357. The van der Waals surface area contributed by atoms with E-state index in [1.54, 1.807) is 0 Å². The number of hydrogen-bond acceptors (Lipinski definition) is 5. The van der Waals surface area contributed by atoms with Crippen LogP contribution >= 0.6 is 0 Å². The number of rotatable bonds is 5. The third-order valence-corrected chi connectivity index (χ3v) is 6.60. The number of fused-ring (bicyclic) bond motifs is 1. The first-order valence-corrected chi connectivity index (χ1v) is 12.3. The molecule has 3 heterocycles. The maximum atomic E-state index is 12.5. The lowest BCUT2D eigenvalue weighted by molar-refractivity contribution is -0.134. The molecule has 4 aromatic rings. The molecule has 1 aliphatic heterocycles. The van der Waals surface area contributed by atoms with Crippen LogP contribution < -0.4 is 4.90 Å². The van der Waals surface area contributed by atoms with Crippen molar-refractivity contribution in [1.82, 2.24) is 24.6 Å². The van der Waals surface area contributed by atoms with Crippen LogP contribution in [0, 0.1) is 19.8 Å². The van der Waals surface area contributed by atoms with Crippen LogP contribution in [0.4, 0.5) is 5.82 Å². The molecule has 1 fully saturated rings. The third kappa shape index (κ3) is 4.63. The van der Waals surface area contributed by atoms with E-state index in [-0.39, 0.29) is 11.8 Å². The van der Waals surface area contributed by atoms with Gasteiger partial charge in [0.25, 0.3) is 0 Å². The summed E-state index contributed by atoms with van der Waals surface area (Å²) in [5, 5.41) is 5.84. The van der Waals surface area contributed by atoms with Gasteiger partial charge in [-0.1, -0.05) is 61.9 Å². The van der Waals surface area contributed by atoms with Crippen molar-refractivity contribution in [3.05, 3.63) is 77.2 Å². The second-order valence-electron chi connectivity index (χ2n) is 9.62. The Morgan fingerprint density at radius 2 is 1.60 bits per heavy atom. The summed E-state index contributed by atoms with van der Waals surface area (Å²) in [6, 6.07) is 18.6. The second kappa shape index (κ2) is 9.49. The molecule has 180 valence electrons. The van der Waals surface area contributed by atoms with Gasteiger partial charge in [-0.15, -0.1) is 0 Å². The van der Waals surface area contributed by atoms with E-state index in [1.807, 2.05) is 60.7 Å². The Kier molecular flexibility index (Phi) is 6.24. The predicted molar refractivity (Wildman–Crippen MR) is 139 cm³/mol. The molecule has 2 aromatic heterocycles. The molecule has 35 heavy (non-hydrogen) atoms. The third-order valence-electron chi connectivity index (χ3n) is 6.60. The van der Waals surface area contributed by atoms with E-state index in [0.717, 1.165) is 47.1 Å². The van der Waals surface area contributed by atoms with Gasteiger partial charge in [0.1, 0.15) is 11.6 Å². The molecule has 0 radical (unpaired) electrons. The average molecular weight is 469 g/mol. The first kappa shape index (κ1) is 23.0. The molecule has 2 aromatic carbocycles. The van der Waals surface area contributed by atoms with Crippen molar-refractivity contribution in [1.29, 1.82) is 0 Å². The van der Waals surface area contributed by atoms with E-state index in [4.69, 9.17) is 15.1 Å². The molecule has 0 N–H and O–H groups in total. The van der Waals surface area contributed by atoms with E-state index < -0.39 is 0 Å². The Morgan fingerprint density at radius 1 is 0.914 bits per heavy atom. The maximum absolute atomic E-state index is 12.5. The van der Waals surface area contributed by atoms with Gasteiger partial charge in [-0.25, -0.2) is 14.6 Å². The van der Waals surface area contributed by atoms with Gasteiger partial charge in [0, 0.05) is 38.5 Å². The second-order valence-corrected chi connectivity index (χ2v) is 9.62. The van der Waals surface area contributed by atoms with Crippen molar-refractivity contribution in [2.75, 3.05) is 31.1 Å². The summed E-state index contributed by atoms with van der Waals surface area (Å²) in [6.45, 7) is 10.9. The summed E-state index contributed by atoms with van der Waals surface area (Å²) in [5.74, 6) is 1.91. The highest BCUT2D eigenvalue weighted by molar-refractivity contribution is 5.91. The van der Waals surface area contributed by atoms with Gasteiger partial charge in [0.05, 0.1) is 16.8 Å². The van der Waals surface area contributed by atoms with Gasteiger partial charge in [-0.2, -0.15) is 5.10 Å². The fourth-order valence-corrected chi connectivity index (χ4v) is 4.65. The minimum atomic E-state index is 0.0137. The number of aryl methyl sites for hydroxylation is 2. The van der Waals surface area contributed by atoms with Crippen molar-refractivity contribution in [3.8, 4) is 5.69 Å². The highest BCUT2D eigenvalue weighted by atomic mass is 16.2. The molecule has 1 aliphatic rings. The molecule has 0 bridgehead atoms. The number of para-hydroxylation sites is 1. The smallest absolute Gasteiger partial charge is 0.225 e. The molecule has 1 saturated heterocycles. The number of carbonyl (C=O) groups excluding carboxylic acids is 1. The molecule has 7 heteroatoms. The van der Waals surface area contributed by atoms with Crippen LogP contribution in [-0.4, -0.2) is 56.7 Å². The zero-order valence-corrected chi connectivity index (χ0v) is 20.9. The fourth-order valence-electron chi connectivity index (χ4n) is 4.65. The number of carbonyl (C=O) groups is 1. The quantitative estimate of drug-likeness (QED) is 0.436. The van der Waals surface area contributed by atoms with Crippen LogP contribution in [0.15, 0.2) is 54.6 Å². The van der Waals surface area contributed by atoms with E-state index in [0.29, 0.717) is 19.5 Å². The molecule has 0 saturated carbocycles. The number of aromatic nitrogens is 4. The van der Waals surface area contributed by atoms with Crippen LogP contribution in [0.5, 0.6) is 0 Å². The largest absolute Gasteiger partial charge is 0.352 e. The number of nitrogens with zero attached hydrogens (tertiary/aromatic N) is 6. The summed E-state index contributed by atoms with van der Waals surface area (Å²) in [5.41, 5.74) is 5.11. The van der Waals surface area contributed by atoms with Gasteiger partial charge in [-0.05, 0) is 31.5 Å². The lowest BCUT2D eigenvalue weighted by Crippen LogP contribution is -2.50. The van der Waals surface area contributed by atoms with E-state index in [2.05, 4.69) is 36.1 Å². The van der Waals surface area contributed by atoms with Gasteiger partial charge in [-0.3, -0.25) is 4.79 Å². The van der Waals surface area contributed by atoms with Gasteiger partial charge in [0.2, 0.25) is 5.91 Å². The molecule has 7 nitrogen and oxygen atoms in total. The van der Waals surface area contributed by atoms with Crippen LogP contribution in [0.3, 0.4) is 0 Å². The molecule has 0 unspecified atom stereocenters. The monoisotopic (exact) mass is 468 g/mol. The van der Waals surface area contributed by atoms with Crippen molar-refractivity contribution in [2.24, 2.45) is 5.92 Å².